The molecule has 23 heavy (non-hydrogen) atoms. The van der Waals surface area contributed by atoms with Gasteiger partial charge < -0.3 is 19.3 Å². The maximum absolute atomic E-state index is 12.9. The number of aryl methyl sites for hydroxylation is 1. The Balaban J connectivity index is 1.58. The molecule has 0 spiro atoms. The summed E-state index contributed by atoms with van der Waals surface area (Å²) in [5.74, 6) is 1.76. The zero-order valence-corrected chi connectivity index (χ0v) is 13.3. The van der Waals surface area contributed by atoms with Crippen molar-refractivity contribution in [1.29, 1.82) is 0 Å². The van der Waals surface area contributed by atoms with Crippen LogP contribution in [0.25, 0.3) is 0 Å². The highest BCUT2D eigenvalue weighted by Crippen LogP contribution is 2.33. The van der Waals surface area contributed by atoms with Gasteiger partial charge in [0.2, 0.25) is 0 Å². The van der Waals surface area contributed by atoms with E-state index in [0.29, 0.717) is 5.69 Å². The Morgan fingerprint density at radius 2 is 2.30 bits per heavy atom. The summed E-state index contributed by atoms with van der Waals surface area (Å²) in [6, 6.07) is 1.90. The summed E-state index contributed by atoms with van der Waals surface area (Å²) in [5, 5.41) is 7.29. The van der Waals surface area contributed by atoms with Crippen LogP contribution in [-0.2, 0) is 13.0 Å². The van der Waals surface area contributed by atoms with Gasteiger partial charge in [-0.1, -0.05) is 5.16 Å². The van der Waals surface area contributed by atoms with Crippen molar-refractivity contribution in [2.75, 3.05) is 19.6 Å². The van der Waals surface area contributed by atoms with Crippen LogP contribution in [0.15, 0.2) is 16.8 Å². The van der Waals surface area contributed by atoms with Crippen LogP contribution < -0.4 is 5.32 Å². The minimum absolute atomic E-state index is 0.00455. The van der Waals surface area contributed by atoms with E-state index in [9.17, 15) is 4.79 Å². The second-order valence-electron chi connectivity index (χ2n) is 6.26. The summed E-state index contributed by atoms with van der Waals surface area (Å²) in [6.45, 7) is 5.33. The molecule has 2 aliphatic rings. The maximum atomic E-state index is 12.9. The van der Waals surface area contributed by atoms with Gasteiger partial charge in [0.1, 0.15) is 11.5 Å². The van der Waals surface area contributed by atoms with Crippen LogP contribution in [-0.4, -0.2) is 45.1 Å². The van der Waals surface area contributed by atoms with E-state index in [-0.39, 0.29) is 11.9 Å². The third-order valence-electron chi connectivity index (χ3n) is 4.62. The summed E-state index contributed by atoms with van der Waals surface area (Å²) in [5.41, 5.74) is 1.39. The molecule has 1 atom stereocenters. The van der Waals surface area contributed by atoms with Crippen LogP contribution in [0.1, 0.15) is 46.7 Å². The van der Waals surface area contributed by atoms with Gasteiger partial charge in [-0.3, -0.25) is 4.79 Å². The van der Waals surface area contributed by atoms with Crippen LogP contribution in [0.2, 0.25) is 0 Å². The van der Waals surface area contributed by atoms with E-state index in [2.05, 4.69) is 20.0 Å². The van der Waals surface area contributed by atoms with Gasteiger partial charge in [0.25, 0.3) is 5.91 Å². The topological polar surface area (TPSA) is 76.2 Å². The molecule has 0 saturated carbocycles. The largest absolute Gasteiger partial charge is 0.359 e. The summed E-state index contributed by atoms with van der Waals surface area (Å²) < 4.78 is 7.48. The third-order valence-corrected chi connectivity index (χ3v) is 4.62. The SMILES string of the molecule is Cc1cc(C2CCCN2C(=O)c2cn3c(n2)CCNCC3)on1. The summed E-state index contributed by atoms with van der Waals surface area (Å²) in [4.78, 5) is 19.4. The Morgan fingerprint density at radius 3 is 3.13 bits per heavy atom. The number of aromatic nitrogens is 3. The minimum atomic E-state index is -0.0214. The van der Waals surface area contributed by atoms with Crippen molar-refractivity contribution in [2.45, 2.75) is 38.8 Å². The third kappa shape index (κ3) is 2.65. The number of carbonyl (C=O) groups is 1. The monoisotopic (exact) mass is 315 g/mol. The Morgan fingerprint density at radius 1 is 1.39 bits per heavy atom. The number of likely N-dealkylation sites (tertiary alicyclic amines) is 1. The highest BCUT2D eigenvalue weighted by molar-refractivity contribution is 5.92. The van der Waals surface area contributed by atoms with Crippen LogP contribution >= 0.6 is 0 Å². The number of hydrogen-bond acceptors (Lipinski definition) is 5. The molecule has 4 heterocycles. The summed E-state index contributed by atoms with van der Waals surface area (Å²) >= 11 is 0. The van der Waals surface area contributed by atoms with E-state index in [1.807, 2.05) is 24.1 Å². The van der Waals surface area contributed by atoms with Gasteiger partial charge in [0.05, 0.1) is 11.7 Å². The zero-order valence-electron chi connectivity index (χ0n) is 13.3. The number of rotatable bonds is 2. The summed E-state index contributed by atoms with van der Waals surface area (Å²) in [6.07, 6.45) is 4.65. The lowest BCUT2D eigenvalue weighted by Crippen LogP contribution is -2.30. The molecule has 4 rings (SSSR count). The standard InChI is InChI=1S/C16H21N5O2/c1-11-9-14(23-19-11)13-3-2-7-21(13)16(22)12-10-20-8-6-17-5-4-15(20)18-12/h9-10,13,17H,2-8H2,1H3. The van der Waals surface area contributed by atoms with Gasteiger partial charge >= 0.3 is 0 Å². The molecule has 122 valence electrons. The zero-order chi connectivity index (χ0) is 15.8. The van der Waals surface area contributed by atoms with Crippen LogP contribution in [0.5, 0.6) is 0 Å². The van der Waals surface area contributed by atoms with Gasteiger partial charge in [-0.05, 0) is 19.8 Å². The van der Waals surface area contributed by atoms with Crippen LogP contribution in [0.4, 0.5) is 0 Å². The number of nitrogens with zero attached hydrogens (tertiary/aromatic N) is 4. The average Bonchev–Trinajstić information content (AvgIpc) is 3.24. The quantitative estimate of drug-likeness (QED) is 0.904. The highest BCUT2D eigenvalue weighted by Gasteiger charge is 2.34. The predicted octanol–water partition coefficient (Wildman–Crippen LogP) is 1.30. The smallest absolute Gasteiger partial charge is 0.274 e. The number of carbonyl (C=O) groups excluding carboxylic acids is 1. The van der Waals surface area contributed by atoms with E-state index in [0.717, 1.165) is 62.7 Å². The van der Waals surface area contributed by atoms with Crippen molar-refractivity contribution >= 4 is 5.91 Å². The first-order valence-electron chi connectivity index (χ1n) is 8.23. The van der Waals surface area contributed by atoms with E-state index in [1.165, 1.54) is 0 Å². The summed E-state index contributed by atoms with van der Waals surface area (Å²) in [7, 11) is 0. The van der Waals surface area contributed by atoms with Crippen LogP contribution in [0.3, 0.4) is 0 Å². The first kappa shape index (κ1) is 14.4. The molecule has 1 unspecified atom stereocenters. The molecule has 0 aliphatic carbocycles. The molecule has 0 aromatic carbocycles. The Kier molecular flexibility index (Phi) is 3.65. The average molecular weight is 315 g/mol. The first-order chi connectivity index (χ1) is 11.2. The molecule has 0 radical (unpaired) electrons. The van der Waals surface area contributed by atoms with Crippen molar-refractivity contribution in [3.05, 3.63) is 35.2 Å². The molecule has 1 amide bonds. The molecule has 7 nitrogen and oxygen atoms in total. The Bertz CT molecular complexity index is 696. The van der Waals surface area contributed by atoms with Crippen molar-refractivity contribution in [2.24, 2.45) is 0 Å². The molecule has 1 N–H and O–H groups in total. The van der Waals surface area contributed by atoms with Gasteiger partial charge in [0, 0.05) is 44.9 Å². The molecular formula is C16H21N5O2. The molecule has 2 aliphatic heterocycles. The van der Waals surface area contributed by atoms with Crippen molar-refractivity contribution in [1.82, 2.24) is 24.9 Å². The second kappa shape index (κ2) is 5.81. The highest BCUT2D eigenvalue weighted by atomic mass is 16.5. The lowest BCUT2D eigenvalue weighted by Gasteiger charge is -2.21. The fourth-order valence-corrected chi connectivity index (χ4v) is 3.47. The fraction of sp³-hybridized carbons (Fsp3) is 0.562. The number of hydrogen-bond donors (Lipinski definition) is 1. The molecule has 1 saturated heterocycles. The Labute approximate surface area is 134 Å². The maximum Gasteiger partial charge on any atom is 0.274 e. The van der Waals surface area contributed by atoms with Crippen LogP contribution in [0, 0.1) is 6.92 Å². The molecule has 2 aromatic rings. The van der Waals surface area contributed by atoms with Gasteiger partial charge in [-0.25, -0.2) is 4.98 Å². The number of nitrogens with one attached hydrogen (secondary N) is 1. The predicted molar refractivity (Wildman–Crippen MR) is 83.1 cm³/mol. The van der Waals surface area contributed by atoms with Gasteiger partial charge in [-0.2, -0.15) is 0 Å². The van der Waals surface area contributed by atoms with E-state index < -0.39 is 0 Å². The van der Waals surface area contributed by atoms with E-state index in [1.54, 1.807) is 0 Å². The van der Waals surface area contributed by atoms with E-state index in [4.69, 9.17) is 4.52 Å². The molecule has 1 fully saturated rings. The van der Waals surface area contributed by atoms with Gasteiger partial charge in [-0.15, -0.1) is 0 Å². The Hall–Kier alpha value is -2.15. The number of fused-ring (bicyclic) bond motifs is 1. The lowest BCUT2D eigenvalue weighted by atomic mass is 10.1. The molecule has 0 bridgehead atoms. The lowest BCUT2D eigenvalue weighted by molar-refractivity contribution is 0.0709. The first-order valence-corrected chi connectivity index (χ1v) is 8.23. The molecular weight excluding hydrogens is 294 g/mol. The van der Waals surface area contributed by atoms with Crippen molar-refractivity contribution in [3.63, 3.8) is 0 Å². The number of imidazole rings is 1. The van der Waals surface area contributed by atoms with Crippen molar-refractivity contribution in [3.8, 4) is 0 Å². The van der Waals surface area contributed by atoms with Gasteiger partial charge in [0.15, 0.2) is 5.76 Å². The normalized spacial score (nSPS) is 21.3. The van der Waals surface area contributed by atoms with E-state index >= 15 is 0 Å². The number of amides is 1. The fourth-order valence-electron chi connectivity index (χ4n) is 3.47. The molecule has 7 heteroatoms. The van der Waals surface area contributed by atoms with Crippen molar-refractivity contribution < 1.29 is 9.32 Å². The minimum Gasteiger partial charge on any atom is -0.359 e. The molecule has 2 aromatic heterocycles. The second-order valence-corrected chi connectivity index (χ2v) is 6.26.